The highest BCUT2D eigenvalue weighted by Gasteiger charge is 2.13. The fraction of sp³-hybridized carbons (Fsp3) is 0.333. The average Bonchev–Trinajstić information content (AvgIpc) is 2.59. The Hall–Kier alpha value is -2.04. The van der Waals surface area contributed by atoms with Gasteiger partial charge in [0.05, 0.1) is 0 Å². The van der Waals surface area contributed by atoms with E-state index in [0.717, 1.165) is 23.6 Å². The lowest BCUT2D eigenvalue weighted by molar-refractivity contribution is 0.171. The van der Waals surface area contributed by atoms with Crippen LogP contribution in [-0.2, 0) is 6.54 Å². The second-order valence-electron chi connectivity index (χ2n) is 5.33. The summed E-state index contributed by atoms with van der Waals surface area (Å²) < 4.78 is 11.1. The number of benzene rings is 2. The third kappa shape index (κ3) is 3.59. The van der Waals surface area contributed by atoms with Gasteiger partial charge in [-0.15, -0.1) is 0 Å². The van der Waals surface area contributed by atoms with E-state index in [1.807, 2.05) is 36.4 Å². The zero-order chi connectivity index (χ0) is 15.2. The number of rotatable bonds is 6. The highest BCUT2D eigenvalue weighted by atomic mass is 16.6. The normalized spacial score (nSPS) is 14.6. The van der Waals surface area contributed by atoms with Crippen LogP contribution in [0.2, 0.25) is 0 Å². The molecule has 2 aromatic rings. The van der Waals surface area contributed by atoms with E-state index in [4.69, 9.17) is 9.47 Å². The van der Waals surface area contributed by atoms with Gasteiger partial charge in [0.25, 0.3) is 0 Å². The molecule has 1 aliphatic heterocycles. The standard InChI is InChI=1S/C18H21NO3/c20-9-8-16(15-4-2-1-3-5-15)19-13-14-6-7-17-18(12-14)22-11-10-21-17/h1-7,12,16,19-20H,8-11,13H2. The van der Waals surface area contributed by atoms with Crippen LogP contribution in [0.25, 0.3) is 0 Å². The van der Waals surface area contributed by atoms with Crippen molar-refractivity contribution in [3.63, 3.8) is 0 Å². The maximum absolute atomic E-state index is 9.28. The highest BCUT2D eigenvalue weighted by molar-refractivity contribution is 5.43. The van der Waals surface area contributed by atoms with Gasteiger partial charge in [-0.25, -0.2) is 0 Å². The van der Waals surface area contributed by atoms with Gasteiger partial charge >= 0.3 is 0 Å². The van der Waals surface area contributed by atoms with Gasteiger partial charge in [-0.2, -0.15) is 0 Å². The molecule has 0 bridgehead atoms. The molecular weight excluding hydrogens is 278 g/mol. The van der Waals surface area contributed by atoms with Crippen LogP contribution in [0.1, 0.15) is 23.6 Å². The van der Waals surface area contributed by atoms with Crippen molar-refractivity contribution >= 4 is 0 Å². The van der Waals surface area contributed by atoms with Crippen LogP contribution in [0.4, 0.5) is 0 Å². The Kier molecular flexibility index (Phi) is 4.93. The predicted octanol–water partition coefficient (Wildman–Crippen LogP) is 2.67. The van der Waals surface area contributed by atoms with Crippen molar-refractivity contribution in [2.45, 2.75) is 19.0 Å². The number of fused-ring (bicyclic) bond motifs is 1. The van der Waals surface area contributed by atoms with Crippen LogP contribution in [-0.4, -0.2) is 24.9 Å². The lowest BCUT2D eigenvalue weighted by Crippen LogP contribution is -2.22. The predicted molar refractivity (Wildman–Crippen MR) is 85.2 cm³/mol. The second kappa shape index (κ2) is 7.29. The summed E-state index contributed by atoms with van der Waals surface area (Å²) in [5, 5.41) is 12.8. The second-order valence-corrected chi connectivity index (χ2v) is 5.33. The van der Waals surface area contributed by atoms with Crippen LogP contribution >= 0.6 is 0 Å². The van der Waals surface area contributed by atoms with Crippen LogP contribution in [0, 0.1) is 0 Å². The van der Waals surface area contributed by atoms with Crippen LogP contribution in [0.5, 0.6) is 11.5 Å². The molecule has 1 unspecified atom stereocenters. The van der Waals surface area contributed by atoms with E-state index in [1.54, 1.807) is 0 Å². The summed E-state index contributed by atoms with van der Waals surface area (Å²) in [6, 6.07) is 16.4. The molecule has 116 valence electrons. The molecule has 0 saturated heterocycles. The average molecular weight is 299 g/mol. The molecule has 4 heteroatoms. The number of aliphatic hydroxyl groups excluding tert-OH is 1. The molecule has 3 rings (SSSR count). The fourth-order valence-corrected chi connectivity index (χ4v) is 2.64. The van der Waals surface area contributed by atoms with Crippen molar-refractivity contribution in [1.82, 2.24) is 5.32 Å². The molecule has 1 aliphatic rings. The molecule has 0 aromatic heterocycles. The van der Waals surface area contributed by atoms with Gasteiger partial charge in [0.2, 0.25) is 0 Å². The maximum atomic E-state index is 9.28. The molecule has 0 amide bonds. The number of hydrogen-bond donors (Lipinski definition) is 2. The number of nitrogens with one attached hydrogen (secondary N) is 1. The lowest BCUT2D eigenvalue weighted by atomic mass is 10.0. The summed E-state index contributed by atoms with van der Waals surface area (Å²) in [6.45, 7) is 2.09. The van der Waals surface area contributed by atoms with Gasteiger partial charge < -0.3 is 19.9 Å². The van der Waals surface area contributed by atoms with E-state index < -0.39 is 0 Å². The summed E-state index contributed by atoms with van der Waals surface area (Å²) in [7, 11) is 0. The molecule has 2 N–H and O–H groups in total. The van der Waals surface area contributed by atoms with Crippen molar-refractivity contribution in [3.8, 4) is 11.5 Å². The van der Waals surface area contributed by atoms with Gasteiger partial charge in [0.1, 0.15) is 13.2 Å². The lowest BCUT2D eigenvalue weighted by Gasteiger charge is -2.21. The van der Waals surface area contributed by atoms with Crippen molar-refractivity contribution in [2.24, 2.45) is 0 Å². The van der Waals surface area contributed by atoms with Gasteiger partial charge in [-0.05, 0) is 29.7 Å². The van der Waals surface area contributed by atoms with Crippen molar-refractivity contribution in [1.29, 1.82) is 0 Å². The maximum Gasteiger partial charge on any atom is 0.161 e. The highest BCUT2D eigenvalue weighted by Crippen LogP contribution is 2.31. The van der Waals surface area contributed by atoms with Crippen LogP contribution in [0.3, 0.4) is 0 Å². The summed E-state index contributed by atoms with van der Waals surface area (Å²) >= 11 is 0. The van der Waals surface area contributed by atoms with Crippen LogP contribution < -0.4 is 14.8 Å². The Labute approximate surface area is 130 Å². The molecule has 22 heavy (non-hydrogen) atoms. The zero-order valence-corrected chi connectivity index (χ0v) is 12.5. The van der Waals surface area contributed by atoms with E-state index >= 15 is 0 Å². The third-order valence-electron chi connectivity index (χ3n) is 3.78. The van der Waals surface area contributed by atoms with Gasteiger partial charge in [-0.3, -0.25) is 0 Å². The topological polar surface area (TPSA) is 50.7 Å². The Bertz CT molecular complexity index is 601. The quantitative estimate of drug-likeness (QED) is 0.861. The van der Waals surface area contributed by atoms with Gasteiger partial charge in [0, 0.05) is 19.2 Å². The molecule has 2 aromatic carbocycles. The van der Waals surface area contributed by atoms with E-state index in [-0.39, 0.29) is 12.6 Å². The van der Waals surface area contributed by atoms with E-state index in [0.29, 0.717) is 19.6 Å². The molecule has 1 atom stereocenters. The molecule has 1 heterocycles. The minimum Gasteiger partial charge on any atom is -0.486 e. The van der Waals surface area contributed by atoms with Crippen LogP contribution in [0.15, 0.2) is 48.5 Å². The molecule has 4 nitrogen and oxygen atoms in total. The smallest absolute Gasteiger partial charge is 0.161 e. The SMILES string of the molecule is OCCC(NCc1ccc2c(c1)OCCO2)c1ccccc1. The summed E-state index contributed by atoms with van der Waals surface area (Å²) in [6.07, 6.45) is 0.689. The fourth-order valence-electron chi connectivity index (χ4n) is 2.64. The number of aliphatic hydroxyl groups is 1. The summed E-state index contributed by atoms with van der Waals surface area (Å²) in [5.74, 6) is 1.62. The molecule has 0 fully saturated rings. The molecule has 0 spiro atoms. The minimum absolute atomic E-state index is 0.138. The Morgan fingerprint density at radius 1 is 1.00 bits per heavy atom. The van der Waals surface area contributed by atoms with Gasteiger partial charge in [-0.1, -0.05) is 36.4 Å². The zero-order valence-electron chi connectivity index (χ0n) is 12.5. The van der Waals surface area contributed by atoms with Crippen molar-refractivity contribution in [3.05, 3.63) is 59.7 Å². The molecule has 0 aliphatic carbocycles. The van der Waals surface area contributed by atoms with Crippen molar-refractivity contribution in [2.75, 3.05) is 19.8 Å². The first-order chi connectivity index (χ1) is 10.9. The molecule has 0 saturated carbocycles. The van der Waals surface area contributed by atoms with Gasteiger partial charge in [0.15, 0.2) is 11.5 Å². The Balaban J connectivity index is 1.67. The third-order valence-corrected chi connectivity index (χ3v) is 3.78. The van der Waals surface area contributed by atoms with E-state index in [9.17, 15) is 5.11 Å². The monoisotopic (exact) mass is 299 g/mol. The van der Waals surface area contributed by atoms with E-state index in [2.05, 4.69) is 17.4 Å². The first kappa shape index (κ1) is 14.9. The summed E-state index contributed by atoms with van der Waals surface area (Å²) in [5.41, 5.74) is 2.33. The molecule has 0 radical (unpaired) electrons. The Morgan fingerprint density at radius 2 is 1.77 bits per heavy atom. The first-order valence-corrected chi connectivity index (χ1v) is 7.64. The minimum atomic E-state index is 0.138. The summed E-state index contributed by atoms with van der Waals surface area (Å²) in [4.78, 5) is 0. The molecular formula is C18H21NO3. The largest absolute Gasteiger partial charge is 0.486 e. The first-order valence-electron chi connectivity index (χ1n) is 7.64. The number of hydrogen-bond acceptors (Lipinski definition) is 4. The number of ether oxygens (including phenoxy) is 2. The van der Waals surface area contributed by atoms with Crippen molar-refractivity contribution < 1.29 is 14.6 Å². The van der Waals surface area contributed by atoms with E-state index in [1.165, 1.54) is 5.56 Å². The Morgan fingerprint density at radius 3 is 2.55 bits per heavy atom.